The fraction of sp³-hybridized carbons (Fsp3) is 1.00. The quantitative estimate of drug-likeness (QED) is 0.794. The second-order valence-electron chi connectivity index (χ2n) is 7.14. The van der Waals surface area contributed by atoms with E-state index in [1.54, 1.807) is 0 Å². The van der Waals surface area contributed by atoms with Crippen LogP contribution in [0.25, 0.3) is 0 Å². The maximum absolute atomic E-state index is 9.85. The largest absolute Gasteiger partial charge is 0.393 e. The number of aliphatic hydroxyl groups excluding tert-OH is 1. The van der Waals surface area contributed by atoms with E-state index in [2.05, 4.69) is 4.90 Å². The highest BCUT2D eigenvalue weighted by Gasteiger charge is 2.45. The molecule has 5 atom stereocenters. The molecular formula is C15H25NO. The third-order valence-electron chi connectivity index (χ3n) is 6.19. The van der Waals surface area contributed by atoms with Gasteiger partial charge in [-0.15, -0.1) is 0 Å². The van der Waals surface area contributed by atoms with Crippen molar-refractivity contribution in [3.05, 3.63) is 0 Å². The van der Waals surface area contributed by atoms with Gasteiger partial charge in [0.25, 0.3) is 0 Å². The molecule has 0 spiro atoms. The van der Waals surface area contributed by atoms with Crippen molar-refractivity contribution in [1.29, 1.82) is 0 Å². The Labute approximate surface area is 104 Å². The zero-order valence-corrected chi connectivity index (χ0v) is 10.7. The molecule has 2 aliphatic heterocycles. The van der Waals surface area contributed by atoms with Crippen molar-refractivity contribution in [3.8, 4) is 0 Å². The summed E-state index contributed by atoms with van der Waals surface area (Å²) in [5.74, 6) is 3.15. The van der Waals surface area contributed by atoms with Crippen molar-refractivity contribution in [3.63, 3.8) is 0 Å². The molecule has 2 nitrogen and oxygen atoms in total. The van der Waals surface area contributed by atoms with Gasteiger partial charge in [-0.3, -0.25) is 4.90 Å². The Bertz CT molecular complexity index is 291. The summed E-state index contributed by atoms with van der Waals surface area (Å²) in [7, 11) is 0. The summed E-state index contributed by atoms with van der Waals surface area (Å²) in [5.41, 5.74) is 0. The number of nitrogens with zero attached hydrogens (tertiary/aromatic N) is 1. The zero-order valence-electron chi connectivity index (χ0n) is 10.7. The first kappa shape index (κ1) is 10.8. The molecule has 1 N–H and O–H groups in total. The first-order valence-corrected chi connectivity index (χ1v) is 7.73. The third-order valence-corrected chi connectivity index (χ3v) is 6.19. The van der Waals surface area contributed by atoms with Crippen molar-refractivity contribution in [2.24, 2.45) is 17.8 Å². The molecule has 5 unspecified atom stereocenters. The molecule has 2 aliphatic carbocycles. The van der Waals surface area contributed by atoms with Gasteiger partial charge in [-0.25, -0.2) is 0 Å². The zero-order chi connectivity index (χ0) is 11.4. The van der Waals surface area contributed by atoms with Crippen LogP contribution >= 0.6 is 0 Å². The van der Waals surface area contributed by atoms with Gasteiger partial charge in [0.05, 0.1) is 6.10 Å². The Balaban J connectivity index is 1.43. The smallest absolute Gasteiger partial charge is 0.0570 e. The molecule has 0 radical (unpaired) electrons. The van der Waals surface area contributed by atoms with Gasteiger partial charge >= 0.3 is 0 Å². The van der Waals surface area contributed by atoms with Crippen LogP contribution in [-0.2, 0) is 0 Å². The maximum Gasteiger partial charge on any atom is 0.0570 e. The lowest BCUT2D eigenvalue weighted by Gasteiger charge is -2.40. The molecule has 4 rings (SSSR count). The van der Waals surface area contributed by atoms with E-state index < -0.39 is 0 Å². The number of piperidine rings is 1. The van der Waals surface area contributed by atoms with Gasteiger partial charge in [0, 0.05) is 18.6 Å². The van der Waals surface area contributed by atoms with Crippen LogP contribution in [0, 0.1) is 17.8 Å². The van der Waals surface area contributed by atoms with Gasteiger partial charge < -0.3 is 5.11 Å². The topological polar surface area (TPSA) is 23.5 Å². The van der Waals surface area contributed by atoms with Crippen LogP contribution in [0.2, 0.25) is 0 Å². The molecule has 0 aromatic rings. The SMILES string of the molecule is OC1CC2CCC(C1)N2CC1CC2CCC1C2. The number of hydrogen-bond donors (Lipinski definition) is 1. The molecule has 0 amide bonds. The minimum absolute atomic E-state index is 0.00350. The summed E-state index contributed by atoms with van der Waals surface area (Å²) in [4.78, 5) is 2.79. The predicted molar refractivity (Wildman–Crippen MR) is 67.7 cm³/mol. The number of hydrogen-bond acceptors (Lipinski definition) is 2. The Morgan fingerprint density at radius 3 is 2.24 bits per heavy atom. The summed E-state index contributed by atoms with van der Waals surface area (Å²) in [5, 5.41) is 9.85. The molecule has 2 heteroatoms. The highest BCUT2D eigenvalue weighted by atomic mass is 16.3. The van der Waals surface area contributed by atoms with E-state index >= 15 is 0 Å². The lowest BCUT2D eigenvalue weighted by Crippen LogP contribution is -2.47. The van der Waals surface area contributed by atoms with Gasteiger partial charge in [-0.05, 0) is 62.7 Å². The van der Waals surface area contributed by atoms with Crippen LogP contribution in [0.4, 0.5) is 0 Å². The molecule has 2 saturated carbocycles. The monoisotopic (exact) mass is 235 g/mol. The number of aliphatic hydroxyl groups is 1. The third kappa shape index (κ3) is 1.76. The molecule has 2 heterocycles. The lowest BCUT2D eigenvalue weighted by atomic mass is 9.87. The minimum Gasteiger partial charge on any atom is -0.393 e. The summed E-state index contributed by atoms with van der Waals surface area (Å²) in [6, 6.07) is 1.45. The molecule has 4 bridgehead atoms. The molecule has 0 aromatic heterocycles. The standard InChI is InChI=1S/C15H25NO/c17-15-7-13-3-4-14(8-15)16(13)9-12-6-10-1-2-11(12)5-10/h10-15,17H,1-9H2. The van der Waals surface area contributed by atoms with Crippen LogP contribution in [0.1, 0.15) is 51.4 Å². The Morgan fingerprint density at radius 1 is 0.882 bits per heavy atom. The summed E-state index contributed by atoms with van der Waals surface area (Å²) >= 11 is 0. The van der Waals surface area contributed by atoms with Crippen LogP contribution in [0.5, 0.6) is 0 Å². The second kappa shape index (κ2) is 3.96. The first-order chi connectivity index (χ1) is 8.29. The summed E-state index contributed by atoms with van der Waals surface area (Å²) in [6.07, 6.45) is 10.9. The lowest BCUT2D eigenvalue weighted by molar-refractivity contribution is 0.0217. The molecule has 96 valence electrons. The van der Waals surface area contributed by atoms with Crippen LogP contribution in [0.15, 0.2) is 0 Å². The van der Waals surface area contributed by atoms with Gasteiger partial charge in [-0.1, -0.05) is 6.42 Å². The molecule has 4 aliphatic rings. The van der Waals surface area contributed by atoms with E-state index in [0.717, 1.165) is 42.7 Å². The molecule has 2 saturated heterocycles. The maximum atomic E-state index is 9.85. The number of fused-ring (bicyclic) bond motifs is 4. The van der Waals surface area contributed by atoms with E-state index in [1.807, 2.05) is 0 Å². The van der Waals surface area contributed by atoms with Gasteiger partial charge in [0.15, 0.2) is 0 Å². The van der Waals surface area contributed by atoms with Crippen LogP contribution < -0.4 is 0 Å². The van der Waals surface area contributed by atoms with E-state index in [-0.39, 0.29) is 6.10 Å². The Hall–Kier alpha value is -0.0800. The molecule has 4 fully saturated rings. The van der Waals surface area contributed by atoms with Crippen LogP contribution in [0.3, 0.4) is 0 Å². The highest BCUT2D eigenvalue weighted by Crippen LogP contribution is 2.49. The predicted octanol–water partition coefficient (Wildman–Crippen LogP) is 2.41. The van der Waals surface area contributed by atoms with Crippen molar-refractivity contribution in [2.45, 2.75) is 69.6 Å². The highest BCUT2D eigenvalue weighted by molar-refractivity contribution is 4.98. The Kier molecular flexibility index (Phi) is 2.52. The average Bonchev–Trinajstić information content (AvgIpc) is 2.95. The molecular weight excluding hydrogens is 210 g/mol. The fourth-order valence-electron chi connectivity index (χ4n) is 5.41. The number of rotatable bonds is 2. The van der Waals surface area contributed by atoms with Gasteiger partial charge in [0.2, 0.25) is 0 Å². The normalized spacial score (nSPS) is 53.5. The van der Waals surface area contributed by atoms with E-state index in [1.165, 1.54) is 45.1 Å². The van der Waals surface area contributed by atoms with Crippen molar-refractivity contribution in [1.82, 2.24) is 4.90 Å². The fourth-order valence-corrected chi connectivity index (χ4v) is 5.41. The minimum atomic E-state index is 0.00350. The van der Waals surface area contributed by atoms with E-state index in [9.17, 15) is 5.11 Å². The summed E-state index contributed by atoms with van der Waals surface area (Å²) in [6.45, 7) is 1.36. The first-order valence-electron chi connectivity index (χ1n) is 7.73. The van der Waals surface area contributed by atoms with E-state index in [0.29, 0.717) is 0 Å². The van der Waals surface area contributed by atoms with Crippen molar-refractivity contribution in [2.75, 3.05) is 6.54 Å². The second-order valence-corrected chi connectivity index (χ2v) is 7.14. The molecule has 0 aromatic carbocycles. The summed E-state index contributed by atoms with van der Waals surface area (Å²) < 4.78 is 0. The van der Waals surface area contributed by atoms with Crippen molar-refractivity contribution < 1.29 is 5.11 Å². The van der Waals surface area contributed by atoms with Gasteiger partial charge in [0.1, 0.15) is 0 Å². The molecule has 17 heavy (non-hydrogen) atoms. The van der Waals surface area contributed by atoms with Crippen molar-refractivity contribution >= 4 is 0 Å². The van der Waals surface area contributed by atoms with Crippen LogP contribution in [-0.4, -0.2) is 34.7 Å². The van der Waals surface area contributed by atoms with Gasteiger partial charge in [-0.2, -0.15) is 0 Å². The average molecular weight is 235 g/mol. The van der Waals surface area contributed by atoms with E-state index in [4.69, 9.17) is 0 Å². The Morgan fingerprint density at radius 2 is 1.65 bits per heavy atom.